The van der Waals surface area contributed by atoms with E-state index in [2.05, 4.69) is 44.8 Å². The standard InChI is InChI=1S/C12H12N2O4S2.C10H8N2S2.C8H9NO2S2.C3H6O2S.H2OP2S/c15-10-4-5-11(16)14(10)18-12(17)6-8-19-20-9-3-1-2-7-13-9;1-3-7-11-9(5-1)13-14-10-6-2-4-8-12-10;10-8(11)4-6-12-13-7-3-1-2-5-9-7;4-3(5)1-2-6;1-3(2)4/h1-3,7H,4-6,8H2;1-8H;1-3,5H,4,6H2,(H,10,11);6H,1-2H2,(H,4,5);2H2. The van der Waals surface area contributed by atoms with Crippen molar-refractivity contribution in [2.75, 3.05) is 17.3 Å². The molecule has 0 bridgehead atoms. The van der Waals surface area contributed by atoms with Gasteiger partial charge >= 0.3 is 17.9 Å². The first-order valence-corrected chi connectivity index (χ1v) is 27.3. The Balaban J connectivity index is 0.000000389. The van der Waals surface area contributed by atoms with Crippen LogP contribution in [-0.4, -0.2) is 82.2 Å². The molecule has 0 aromatic carbocycles. The van der Waals surface area contributed by atoms with Crippen molar-refractivity contribution in [1.29, 1.82) is 0 Å². The zero-order valence-corrected chi connectivity index (χ0v) is 38.4. The van der Waals surface area contributed by atoms with E-state index in [0.717, 1.165) is 20.1 Å². The molecule has 2 unspecified atom stereocenters. The second-order valence-electron chi connectivity index (χ2n) is 9.74. The fourth-order valence-electron chi connectivity index (χ4n) is 3.03. The number of hydroxylamine groups is 2. The van der Waals surface area contributed by atoms with E-state index in [1.54, 1.807) is 46.4 Å². The maximum Gasteiger partial charge on any atom is 0.334 e. The maximum atomic E-state index is 11.5. The van der Waals surface area contributed by atoms with Gasteiger partial charge in [0.15, 0.2) is 0 Å². The quantitative estimate of drug-likeness (QED) is 0.0239. The molecule has 1 aliphatic heterocycles. The monoisotopic (exact) mass is 965 g/mol. The summed E-state index contributed by atoms with van der Waals surface area (Å²) in [5.74, 6) is -1.50. The lowest BCUT2D eigenvalue weighted by Gasteiger charge is -2.12. The van der Waals surface area contributed by atoms with Crippen LogP contribution in [0.4, 0.5) is 0 Å². The predicted molar refractivity (Wildman–Crippen MR) is 240 cm³/mol. The number of hydrogen-bond donors (Lipinski definition) is 3. The molecule has 4 aromatic rings. The number of carboxylic acid groups (broad SMARTS) is 2. The minimum Gasteiger partial charge on any atom is -0.481 e. The zero-order valence-electron chi connectivity index (χ0n) is 29.7. The molecule has 14 nitrogen and oxygen atoms in total. The SMILES string of the molecule is O=C(CCSSc1ccccn1)ON1C(=O)CCC1=O.O=C(O)CCS.O=C(O)CCSSc1ccccn1.O=[P+](P)[S-].c1ccc(SSc2ccccn2)nc1. The molecule has 2 atom stereocenters. The Bertz CT molecular complexity index is 1710. The van der Waals surface area contributed by atoms with E-state index in [9.17, 15) is 28.5 Å². The highest BCUT2D eigenvalue weighted by Crippen LogP contribution is 2.34. The molecule has 4 aromatic heterocycles. The summed E-state index contributed by atoms with van der Waals surface area (Å²) in [5.41, 5.74) is 0. The molecule has 0 saturated carbocycles. The Morgan fingerprint density at radius 1 is 0.684 bits per heavy atom. The highest BCUT2D eigenvalue weighted by atomic mass is 33.1. The van der Waals surface area contributed by atoms with Crippen molar-refractivity contribution in [2.24, 2.45) is 0 Å². The Morgan fingerprint density at radius 2 is 1.04 bits per heavy atom. The maximum absolute atomic E-state index is 11.5. The molecule has 24 heteroatoms. The van der Waals surface area contributed by atoms with Gasteiger partial charge in [-0.15, -0.1) is 5.06 Å². The van der Waals surface area contributed by atoms with Crippen LogP contribution >= 0.6 is 93.0 Å². The van der Waals surface area contributed by atoms with Crippen LogP contribution in [0.5, 0.6) is 0 Å². The summed E-state index contributed by atoms with van der Waals surface area (Å²) in [6, 6.07) is 23.0. The minimum atomic E-state index is -1.37. The number of amides is 2. The van der Waals surface area contributed by atoms with Crippen LogP contribution in [0.3, 0.4) is 0 Å². The molecule has 0 radical (unpaired) electrons. The van der Waals surface area contributed by atoms with Gasteiger partial charge in [-0.1, -0.05) is 50.4 Å². The van der Waals surface area contributed by atoms with Crippen molar-refractivity contribution in [3.63, 3.8) is 0 Å². The molecule has 306 valence electrons. The fraction of sp³-hybridized carbons (Fsp3) is 0.242. The average Bonchev–Trinajstić information content (AvgIpc) is 3.51. The molecule has 2 amide bonds. The molecule has 2 N–H and O–H groups in total. The van der Waals surface area contributed by atoms with Crippen molar-refractivity contribution >= 4 is 135 Å². The van der Waals surface area contributed by atoms with Gasteiger partial charge in [0.05, 0.1) is 19.3 Å². The van der Waals surface area contributed by atoms with Crippen LogP contribution in [0.2, 0.25) is 0 Å². The van der Waals surface area contributed by atoms with E-state index in [-0.39, 0.29) is 32.1 Å². The number of hydrogen-bond acceptors (Lipinski definition) is 19. The second kappa shape index (κ2) is 34.4. The second-order valence-corrected chi connectivity index (χ2v) is 21.4. The lowest BCUT2D eigenvalue weighted by Crippen LogP contribution is -2.32. The third-order valence-corrected chi connectivity index (χ3v) is 12.3. The smallest absolute Gasteiger partial charge is 0.334 e. The largest absolute Gasteiger partial charge is 0.481 e. The minimum absolute atomic E-state index is 0.108. The van der Waals surface area contributed by atoms with Crippen molar-refractivity contribution in [2.45, 2.75) is 52.2 Å². The van der Waals surface area contributed by atoms with Gasteiger partial charge in [0.25, 0.3) is 11.8 Å². The van der Waals surface area contributed by atoms with Crippen LogP contribution in [0, 0.1) is 0 Å². The van der Waals surface area contributed by atoms with Crippen LogP contribution in [0.25, 0.3) is 0 Å². The summed E-state index contributed by atoms with van der Waals surface area (Å²) in [6.45, 7) is -1.37. The van der Waals surface area contributed by atoms with Crippen molar-refractivity contribution in [3.8, 4) is 0 Å². The number of aliphatic carboxylic acids is 2. The van der Waals surface area contributed by atoms with Gasteiger partial charge in [0, 0.05) is 54.9 Å². The van der Waals surface area contributed by atoms with Crippen LogP contribution < -0.4 is 0 Å². The Kier molecular flexibility index (Phi) is 31.6. The van der Waals surface area contributed by atoms with E-state index in [1.165, 1.54) is 43.2 Å². The molecule has 1 saturated heterocycles. The van der Waals surface area contributed by atoms with E-state index < -0.39 is 36.4 Å². The number of imide groups is 1. The lowest BCUT2D eigenvalue weighted by atomic mass is 10.4. The van der Waals surface area contributed by atoms with Crippen LogP contribution in [0.1, 0.15) is 32.1 Å². The summed E-state index contributed by atoms with van der Waals surface area (Å²) in [6.07, 6.45) is 7.70. The summed E-state index contributed by atoms with van der Waals surface area (Å²) in [7, 11) is 11.1. The van der Waals surface area contributed by atoms with Crippen LogP contribution in [-0.2, 0) is 45.6 Å². The van der Waals surface area contributed by atoms with Crippen LogP contribution in [0.15, 0.2) is 118 Å². The van der Waals surface area contributed by atoms with E-state index in [1.807, 2.05) is 81.7 Å². The number of pyridine rings is 4. The van der Waals surface area contributed by atoms with Gasteiger partial charge in [-0.3, -0.25) is 19.2 Å². The Labute approximate surface area is 367 Å². The van der Waals surface area contributed by atoms with Crippen molar-refractivity contribution < 1.29 is 43.6 Å². The molecular formula is C33H37N5O9P2S8. The highest BCUT2D eigenvalue weighted by molar-refractivity contribution is 8.77. The number of carbonyl (C=O) groups is 5. The molecule has 1 aliphatic rings. The topological polar surface area (TPSA) is 207 Å². The number of rotatable bonds is 16. The molecule has 0 aliphatic carbocycles. The predicted octanol–water partition coefficient (Wildman–Crippen LogP) is 8.85. The molecule has 5 rings (SSSR count). The summed E-state index contributed by atoms with van der Waals surface area (Å²) < 4.78 is 9.37. The molecule has 0 spiro atoms. The number of thiol groups is 1. The number of aromatic nitrogens is 4. The Morgan fingerprint density at radius 3 is 1.33 bits per heavy atom. The highest BCUT2D eigenvalue weighted by Gasteiger charge is 2.32. The van der Waals surface area contributed by atoms with E-state index in [0.29, 0.717) is 22.3 Å². The first-order chi connectivity index (χ1) is 27.4. The van der Waals surface area contributed by atoms with Gasteiger partial charge < -0.3 is 27.3 Å². The zero-order chi connectivity index (χ0) is 42.1. The van der Waals surface area contributed by atoms with Gasteiger partial charge in [-0.05, 0) is 91.7 Å². The van der Waals surface area contributed by atoms with Gasteiger partial charge in [-0.2, -0.15) is 12.6 Å². The first kappa shape index (κ1) is 52.5. The third kappa shape index (κ3) is 30.2. The molecular weight excluding hydrogens is 929 g/mol. The fourth-order valence-corrected chi connectivity index (χ4v) is 8.68. The number of carboxylic acids is 2. The van der Waals surface area contributed by atoms with Gasteiger partial charge in [0.2, 0.25) is 6.69 Å². The first-order valence-electron chi connectivity index (χ1n) is 16.0. The summed E-state index contributed by atoms with van der Waals surface area (Å²) >= 11 is 7.77. The lowest BCUT2D eigenvalue weighted by molar-refractivity contribution is -0.197. The summed E-state index contributed by atoms with van der Waals surface area (Å²) in [5, 5.41) is 20.6. The van der Waals surface area contributed by atoms with Gasteiger partial charge in [0.1, 0.15) is 29.0 Å². The number of nitrogens with zero attached hydrogens (tertiary/aromatic N) is 5. The van der Waals surface area contributed by atoms with Crippen molar-refractivity contribution in [1.82, 2.24) is 25.0 Å². The van der Waals surface area contributed by atoms with E-state index >= 15 is 0 Å². The number of carbonyl (C=O) groups excluding carboxylic acids is 3. The average molecular weight is 966 g/mol. The normalized spacial score (nSPS) is 11.5. The Hall–Kier alpha value is -2.52. The van der Waals surface area contributed by atoms with E-state index in [4.69, 9.17) is 15.1 Å². The molecule has 1 fully saturated rings. The molecule has 5 heterocycles. The van der Waals surface area contributed by atoms with Crippen molar-refractivity contribution in [3.05, 3.63) is 97.6 Å². The molecule has 57 heavy (non-hydrogen) atoms. The third-order valence-electron chi connectivity index (χ3n) is 5.37. The van der Waals surface area contributed by atoms with Gasteiger partial charge in [-0.25, -0.2) is 24.7 Å². The summed E-state index contributed by atoms with van der Waals surface area (Å²) in [4.78, 5) is 75.1.